The molecule has 5 nitrogen and oxygen atoms in total. The number of rotatable bonds is 5. The first-order chi connectivity index (χ1) is 9.61. The average Bonchev–Trinajstić information content (AvgIpc) is 2.46. The highest BCUT2D eigenvalue weighted by Gasteiger charge is 2.20. The predicted molar refractivity (Wildman–Crippen MR) is 82.8 cm³/mol. The number of non-ortho nitro benzene ring substituents is 1. The van der Waals surface area contributed by atoms with Gasteiger partial charge in [-0.3, -0.25) is 15.0 Å². The highest BCUT2D eigenvalue weighted by atomic mass is 79.9. The van der Waals surface area contributed by atoms with Crippen LogP contribution in [0.25, 0.3) is 0 Å². The first-order valence-corrected chi connectivity index (χ1v) is 7.78. The lowest BCUT2D eigenvalue weighted by Crippen LogP contribution is -2.45. The van der Waals surface area contributed by atoms with Crippen molar-refractivity contribution in [3.05, 3.63) is 38.3 Å². The van der Waals surface area contributed by atoms with E-state index in [0.29, 0.717) is 6.04 Å². The van der Waals surface area contributed by atoms with Crippen molar-refractivity contribution in [3.63, 3.8) is 0 Å². The summed E-state index contributed by atoms with van der Waals surface area (Å²) >= 11 is 3.45. The number of benzene rings is 1. The zero-order valence-corrected chi connectivity index (χ0v) is 13.2. The maximum Gasteiger partial charge on any atom is 0.270 e. The van der Waals surface area contributed by atoms with Crippen LogP contribution >= 0.6 is 15.9 Å². The smallest absolute Gasteiger partial charge is 0.270 e. The first kappa shape index (κ1) is 15.4. The van der Waals surface area contributed by atoms with Crippen LogP contribution in [-0.4, -0.2) is 35.5 Å². The van der Waals surface area contributed by atoms with E-state index in [2.05, 4.69) is 33.1 Å². The van der Waals surface area contributed by atoms with Gasteiger partial charge in [0, 0.05) is 35.7 Å². The molecule has 0 saturated carbocycles. The van der Waals surface area contributed by atoms with Gasteiger partial charge in [-0.1, -0.05) is 22.9 Å². The van der Waals surface area contributed by atoms with E-state index in [9.17, 15) is 10.1 Å². The van der Waals surface area contributed by atoms with Crippen LogP contribution in [0.2, 0.25) is 0 Å². The lowest BCUT2D eigenvalue weighted by Gasteiger charge is -2.34. The van der Waals surface area contributed by atoms with Gasteiger partial charge in [-0.25, -0.2) is 0 Å². The van der Waals surface area contributed by atoms with Crippen molar-refractivity contribution in [2.24, 2.45) is 0 Å². The Morgan fingerprint density at radius 1 is 1.55 bits per heavy atom. The van der Waals surface area contributed by atoms with Crippen LogP contribution in [0.15, 0.2) is 22.7 Å². The van der Waals surface area contributed by atoms with Gasteiger partial charge in [0.1, 0.15) is 0 Å². The van der Waals surface area contributed by atoms with E-state index in [1.807, 2.05) is 6.07 Å². The molecule has 1 heterocycles. The summed E-state index contributed by atoms with van der Waals surface area (Å²) < 4.78 is 0.814. The first-order valence-electron chi connectivity index (χ1n) is 6.99. The lowest BCUT2D eigenvalue weighted by atomic mass is 10.0. The molecule has 1 aromatic carbocycles. The molecular formula is C14H20BrN3O2. The Kier molecular flexibility index (Phi) is 5.51. The van der Waals surface area contributed by atoms with Crippen LogP contribution < -0.4 is 5.32 Å². The van der Waals surface area contributed by atoms with E-state index in [1.165, 1.54) is 12.8 Å². The standard InChI is InChI=1S/C14H20BrN3O2/c1-2-17(13-4-3-7-16-9-13)10-11-5-6-12(18(19)20)8-14(11)15/h5-6,8,13,16H,2-4,7,9-10H2,1H3. The van der Waals surface area contributed by atoms with Gasteiger partial charge in [-0.15, -0.1) is 0 Å². The molecule has 0 spiro atoms. The third-order valence-electron chi connectivity index (χ3n) is 3.81. The van der Waals surface area contributed by atoms with Crippen LogP contribution in [0.3, 0.4) is 0 Å². The molecule has 1 unspecified atom stereocenters. The van der Waals surface area contributed by atoms with Crippen molar-refractivity contribution < 1.29 is 4.92 Å². The van der Waals surface area contributed by atoms with E-state index in [0.717, 1.165) is 36.2 Å². The SMILES string of the molecule is CCN(Cc1ccc([N+](=O)[O-])cc1Br)C1CCCNC1. The summed E-state index contributed by atoms with van der Waals surface area (Å²) in [4.78, 5) is 12.8. The molecule has 1 aromatic rings. The number of nitrogens with zero attached hydrogens (tertiary/aromatic N) is 2. The minimum absolute atomic E-state index is 0.128. The van der Waals surface area contributed by atoms with Gasteiger partial charge < -0.3 is 5.32 Å². The zero-order valence-electron chi connectivity index (χ0n) is 11.6. The molecule has 110 valence electrons. The second kappa shape index (κ2) is 7.15. The van der Waals surface area contributed by atoms with E-state index >= 15 is 0 Å². The predicted octanol–water partition coefficient (Wildman–Crippen LogP) is 2.93. The number of piperidine rings is 1. The summed E-state index contributed by atoms with van der Waals surface area (Å²) in [6.45, 7) is 6.10. The van der Waals surface area contributed by atoms with Gasteiger partial charge in [-0.2, -0.15) is 0 Å². The van der Waals surface area contributed by atoms with Crippen molar-refractivity contribution in [2.45, 2.75) is 32.4 Å². The van der Waals surface area contributed by atoms with Crippen LogP contribution in [0.4, 0.5) is 5.69 Å². The minimum Gasteiger partial charge on any atom is -0.315 e. The second-order valence-corrected chi connectivity index (χ2v) is 5.95. The molecule has 1 fully saturated rings. The second-order valence-electron chi connectivity index (χ2n) is 5.10. The van der Waals surface area contributed by atoms with E-state index in [1.54, 1.807) is 12.1 Å². The van der Waals surface area contributed by atoms with Crippen LogP contribution in [-0.2, 0) is 6.54 Å². The molecule has 1 atom stereocenters. The molecule has 0 aromatic heterocycles. The monoisotopic (exact) mass is 341 g/mol. The lowest BCUT2D eigenvalue weighted by molar-refractivity contribution is -0.384. The van der Waals surface area contributed by atoms with Crippen molar-refractivity contribution in [1.29, 1.82) is 0 Å². The van der Waals surface area contributed by atoms with Crippen LogP contribution in [0, 0.1) is 10.1 Å². The largest absolute Gasteiger partial charge is 0.315 e. The molecule has 1 N–H and O–H groups in total. The molecule has 1 aliphatic heterocycles. The highest BCUT2D eigenvalue weighted by Crippen LogP contribution is 2.25. The number of hydrogen-bond acceptors (Lipinski definition) is 4. The fraction of sp³-hybridized carbons (Fsp3) is 0.571. The third-order valence-corrected chi connectivity index (χ3v) is 4.55. The number of nitro benzene ring substituents is 1. The van der Waals surface area contributed by atoms with E-state index in [4.69, 9.17) is 0 Å². The van der Waals surface area contributed by atoms with Gasteiger partial charge in [-0.05, 0) is 37.6 Å². The molecular weight excluding hydrogens is 322 g/mol. The Labute approximate surface area is 127 Å². The summed E-state index contributed by atoms with van der Waals surface area (Å²) in [6.07, 6.45) is 2.42. The quantitative estimate of drug-likeness (QED) is 0.660. The van der Waals surface area contributed by atoms with Crippen molar-refractivity contribution in [2.75, 3.05) is 19.6 Å². The van der Waals surface area contributed by atoms with E-state index in [-0.39, 0.29) is 10.6 Å². The molecule has 2 rings (SSSR count). The molecule has 1 aliphatic rings. The minimum atomic E-state index is -0.364. The average molecular weight is 342 g/mol. The maximum atomic E-state index is 10.8. The molecule has 20 heavy (non-hydrogen) atoms. The zero-order chi connectivity index (χ0) is 14.5. The normalized spacial score (nSPS) is 19.2. The molecule has 6 heteroatoms. The number of hydrogen-bond donors (Lipinski definition) is 1. The highest BCUT2D eigenvalue weighted by molar-refractivity contribution is 9.10. The van der Waals surface area contributed by atoms with Crippen molar-refractivity contribution >= 4 is 21.6 Å². The molecule has 1 saturated heterocycles. The molecule has 0 aliphatic carbocycles. The summed E-state index contributed by atoms with van der Waals surface area (Å²) in [5, 5.41) is 14.2. The fourth-order valence-corrected chi connectivity index (χ4v) is 3.13. The van der Waals surface area contributed by atoms with E-state index < -0.39 is 0 Å². The van der Waals surface area contributed by atoms with Gasteiger partial charge in [0.15, 0.2) is 0 Å². The van der Waals surface area contributed by atoms with Gasteiger partial charge in [0.2, 0.25) is 0 Å². The molecule has 0 radical (unpaired) electrons. The Bertz CT molecular complexity index is 475. The molecule has 0 bridgehead atoms. The summed E-state index contributed by atoms with van der Waals surface area (Å²) in [7, 11) is 0. The Morgan fingerprint density at radius 3 is 2.90 bits per heavy atom. The van der Waals surface area contributed by atoms with Crippen LogP contribution in [0.1, 0.15) is 25.3 Å². The number of nitro groups is 1. The van der Waals surface area contributed by atoms with Gasteiger partial charge >= 0.3 is 0 Å². The Balaban J connectivity index is 2.08. The third kappa shape index (κ3) is 3.77. The topological polar surface area (TPSA) is 58.4 Å². The van der Waals surface area contributed by atoms with Gasteiger partial charge in [0.05, 0.1) is 4.92 Å². The summed E-state index contributed by atoms with van der Waals surface area (Å²) in [5.74, 6) is 0. The molecule has 0 amide bonds. The summed E-state index contributed by atoms with van der Waals surface area (Å²) in [5.41, 5.74) is 1.23. The van der Waals surface area contributed by atoms with Gasteiger partial charge in [0.25, 0.3) is 5.69 Å². The maximum absolute atomic E-state index is 10.8. The van der Waals surface area contributed by atoms with Crippen molar-refractivity contribution in [3.8, 4) is 0 Å². The number of likely N-dealkylation sites (N-methyl/N-ethyl adjacent to an activating group) is 1. The fourth-order valence-electron chi connectivity index (χ4n) is 2.64. The number of nitrogens with one attached hydrogen (secondary N) is 1. The Hall–Kier alpha value is -0.980. The van der Waals surface area contributed by atoms with Crippen LogP contribution in [0.5, 0.6) is 0 Å². The Morgan fingerprint density at radius 2 is 2.35 bits per heavy atom. The number of halogens is 1. The summed E-state index contributed by atoms with van der Waals surface area (Å²) in [6, 6.07) is 5.56. The van der Waals surface area contributed by atoms with Crippen molar-refractivity contribution in [1.82, 2.24) is 10.2 Å².